The summed E-state index contributed by atoms with van der Waals surface area (Å²) in [5, 5.41) is 40.6. The zero-order valence-corrected chi connectivity index (χ0v) is 16.9. The van der Waals surface area contributed by atoms with Crippen molar-refractivity contribution in [3.8, 4) is 11.5 Å². The van der Waals surface area contributed by atoms with Gasteiger partial charge in [0.15, 0.2) is 0 Å². The number of amides is 2. The van der Waals surface area contributed by atoms with Crippen LogP contribution in [0.2, 0.25) is 0 Å². The van der Waals surface area contributed by atoms with Crippen molar-refractivity contribution in [2.75, 3.05) is 0 Å². The molecule has 2 aromatic carbocycles. The Labute approximate surface area is 182 Å². The van der Waals surface area contributed by atoms with E-state index in [1.807, 2.05) is 0 Å². The van der Waals surface area contributed by atoms with E-state index in [9.17, 15) is 24.9 Å². The third-order valence-electron chi connectivity index (χ3n) is 4.57. The van der Waals surface area contributed by atoms with Crippen molar-refractivity contribution in [3.05, 3.63) is 71.4 Å². The van der Waals surface area contributed by atoms with Crippen LogP contribution in [0.4, 0.5) is 4.79 Å². The number of phenols is 2. The van der Waals surface area contributed by atoms with Gasteiger partial charge < -0.3 is 36.1 Å². The highest BCUT2D eigenvalue weighted by atomic mass is 16.4. The Hall–Kier alpha value is -4.12. The van der Waals surface area contributed by atoms with Gasteiger partial charge in [0.05, 0.1) is 12.6 Å². The second-order valence-electron chi connectivity index (χ2n) is 7.10. The van der Waals surface area contributed by atoms with E-state index >= 15 is 0 Å². The lowest BCUT2D eigenvalue weighted by Crippen LogP contribution is -2.46. The average molecular weight is 441 g/mol. The van der Waals surface area contributed by atoms with E-state index in [2.05, 4.69) is 20.8 Å². The fraction of sp³-hybridized carbons (Fsp3) is 0.238. The zero-order valence-electron chi connectivity index (χ0n) is 16.9. The maximum absolute atomic E-state index is 12.1. The Bertz CT molecular complexity index is 1050. The van der Waals surface area contributed by atoms with Crippen LogP contribution in [0.1, 0.15) is 29.0 Å². The van der Waals surface area contributed by atoms with Gasteiger partial charge in [-0.3, -0.25) is 0 Å². The smallest absolute Gasteiger partial charge is 0.326 e. The predicted octanol–water partition coefficient (Wildman–Crippen LogP) is 1.22. The summed E-state index contributed by atoms with van der Waals surface area (Å²) in [5.41, 5.74) is 7.59. The summed E-state index contributed by atoms with van der Waals surface area (Å²) >= 11 is 0. The van der Waals surface area contributed by atoms with Gasteiger partial charge in [-0.05, 0) is 41.8 Å². The standard InChI is InChI=1S/C21H23N5O6/c22-16(9-12-1-5-14(27)6-2-12)19-26-25-18(32-19)11-23-21(31)24-17(20(29)30)10-13-3-7-15(28)8-4-13/h1-8,16-17,27-28H,9-11,22H2,(H,29,30)(H2,23,24,31). The number of carbonyl (C=O) groups excluding carboxylic acids is 1. The van der Waals surface area contributed by atoms with Crippen molar-refractivity contribution in [3.63, 3.8) is 0 Å². The average Bonchev–Trinajstić information content (AvgIpc) is 3.24. The minimum Gasteiger partial charge on any atom is -0.508 e. The van der Waals surface area contributed by atoms with Crippen molar-refractivity contribution in [2.45, 2.75) is 31.5 Å². The second kappa shape index (κ2) is 10.3. The summed E-state index contributed by atoms with van der Waals surface area (Å²) in [6.07, 6.45) is 0.452. The third kappa shape index (κ3) is 6.44. The number of nitrogens with one attached hydrogen (secondary N) is 2. The van der Waals surface area contributed by atoms with Gasteiger partial charge in [-0.2, -0.15) is 0 Å². The quantitative estimate of drug-likeness (QED) is 0.284. The van der Waals surface area contributed by atoms with Gasteiger partial charge in [0.25, 0.3) is 0 Å². The molecule has 0 saturated carbocycles. The van der Waals surface area contributed by atoms with Crippen LogP contribution in [-0.2, 0) is 24.2 Å². The number of hydrogen-bond acceptors (Lipinski definition) is 8. The largest absolute Gasteiger partial charge is 0.508 e. The molecule has 0 saturated heterocycles. The van der Waals surface area contributed by atoms with Crippen LogP contribution in [0.3, 0.4) is 0 Å². The Morgan fingerprint density at radius 3 is 2.06 bits per heavy atom. The lowest BCUT2D eigenvalue weighted by atomic mass is 10.1. The number of phenolic OH excluding ortho intramolecular Hbond substituents is 2. The minimum absolute atomic E-state index is 0.0415. The molecule has 3 rings (SSSR count). The number of carbonyl (C=O) groups is 2. The van der Waals surface area contributed by atoms with Crippen LogP contribution in [0.25, 0.3) is 0 Å². The summed E-state index contributed by atoms with van der Waals surface area (Å²) in [4.78, 5) is 23.6. The van der Waals surface area contributed by atoms with Gasteiger partial charge in [0, 0.05) is 6.42 Å². The van der Waals surface area contributed by atoms with E-state index in [-0.39, 0.29) is 36.2 Å². The fourth-order valence-corrected chi connectivity index (χ4v) is 2.89. The molecule has 11 nitrogen and oxygen atoms in total. The summed E-state index contributed by atoms with van der Waals surface area (Å²) in [6, 6.07) is 10.1. The first-order chi connectivity index (χ1) is 15.3. The Kier molecular flexibility index (Phi) is 7.24. The Morgan fingerprint density at radius 1 is 0.938 bits per heavy atom. The number of nitrogens with zero attached hydrogens (tertiary/aromatic N) is 2. The number of benzene rings is 2. The van der Waals surface area contributed by atoms with E-state index in [1.165, 1.54) is 12.1 Å². The van der Waals surface area contributed by atoms with Crippen LogP contribution in [-0.4, -0.2) is 43.6 Å². The molecule has 2 unspecified atom stereocenters. The van der Waals surface area contributed by atoms with E-state index in [0.29, 0.717) is 12.0 Å². The zero-order chi connectivity index (χ0) is 23.1. The molecule has 0 aliphatic carbocycles. The van der Waals surface area contributed by atoms with Gasteiger partial charge in [0.1, 0.15) is 17.5 Å². The highest BCUT2D eigenvalue weighted by Crippen LogP contribution is 2.17. The first-order valence-electron chi connectivity index (χ1n) is 9.71. The maximum Gasteiger partial charge on any atom is 0.326 e. The molecule has 2 amide bonds. The lowest BCUT2D eigenvalue weighted by Gasteiger charge is -2.15. The SMILES string of the molecule is NC(Cc1ccc(O)cc1)c1nnc(CNC(=O)NC(Cc2ccc(O)cc2)C(=O)O)o1. The number of aromatic nitrogens is 2. The highest BCUT2D eigenvalue weighted by Gasteiger charge is 2.21. The fourth-order valence-electron chi connectivity index (χ4n) is 2.89. The molecule has 2 atom stereocenters. The van der Waals surface area contributed by atoms with E-state index in [1.54, 1.807) is 36.4 Å². The van der Waals surface area contributed by atoms with Crippen LogP contribution in [0.15, 0.2) is 52.9 Å². The molecule has 1 aromatic heterocycles. The van der Waals surface area contributed by atoms with Crippen LogP contribution < -0.4 is 16.4 Å². The topological polar surface area (TPSA) is 184 Å². The summed E-state index contributed by atoms with van der Waals surface area (Å²) < 4.78 is 5.47. The number of carboxylic acids is 1. The number of rotatable bonds is 9. The van der Waals surface area contributed by atoms with Gasteiger partial charge in [-0.15, -0.1) is 10.2 Å². The number of carboxylic acid groups (broad SMARTS) is 1. The highest BCUT2D eigenvalue weighted by molar-refractivity contribution is 5.82. The summed E-state index contributed by atoms with van der Waals surface area (Å²) in [7, 11) is 0. The molecule has 0 spiro atoms. The molecule has 0 fully saturated rings. The van der Waals surface area contributed by atoms with Crippen molar-refractivity contribution in [2.24, 2.45) is 5.73 Å². The van der Waals surface area contributed by atoms with E-state index in [0.717, 1.165) is 5.56 Å². The molecule has 168 valence electrons. The molecule has 0 radical (unpaired) electrons. The third-order valence-corrected chi connectivity index (χ3v) is 4.57. The number of hydrogen-bond donors (Lipinski definition) is 6. The number of nitrogens with two attached hydrogens (primary N) is 1. The van der Waals surface area contributed by atoms with Crippen LogP contribution in [0, 0.1) is 0 Å². The van der Waals surface area contributed by atoms with Crippen molar-refractivity contribution < 1.29 is 29.3 Å². The monoisotopic (exact) mass is 441 g/mol. The molecule has 3 aromatic rings. The van der Waals surface area contributed by atoms with Crippen molar-refractivity contribution in [1.82, 2.24) is 20.8 Å². The minimum atomic E-state index is -1.20. The molecular weight excluding hydrogens is 418 g/mol. The normalized spacial score (nSPS) is 12.7. The summed E-state index contributed by atoms with van der Waals surface area (Å²) in [5.74, 6) is -0.686. The second-order valence-corrected chi connectivity index (χ2v) is 7.10. The number of aromatic hydroxyl groups is 2. The maximum atomic E-state index is 12.1. The Balaban J connectivity index is 1.50. The summed E-state index contributed by atoms with van der Waals surface area (Å²) in [6.45, 7) is -0.115. The molecule has 0 aliphatic rings. The number of aliphatic carboxylic acids is 1. The van der Waals surface area contributed by atoms with Gasteiger partial charge in [-0.25, -0.2) is 9.59 Å². The molecule has 11 heteroatoms. The van der Waals surface area contributed by atoms with E-state index < -0.39 is 24.1 Å². The number of urea groups is 1. The molecule has 32 heavy (non-hydrogen) atoms. The van der Waals surface area contributed by atoms with E-state index in [4.69, 9.17) is 10.2 Å². The Morgan fingerprint density at radius 2 is 1.50 bits per heavy atom. The van der Waals surface area contributed by atoms with Crippen LogP contribution >= 0.6 is 0 Å². The van der Waals surface area contributed by atoms with Gasteiger partial charge >= 0.3 is 12.0 Å². The van der Waals surface area contributed by atoms with Crippen molar-refractivity contribution >= 4 is 12.0 Å². The molecule has 7 N–H and O–H groups in total. The predicted molar refractivity (Wildman–Crippen MR) is 112 cm³/mol. The molecule has 1 heterocycles. The van der Waals surface area contributed by atoms with Gasteiger partial charge in [0.2, 0.25) is 11.8 Å². The van der Waals surface area contributed by atoms with Crippen LogP contribution in [0.5, 0.6) is 11.5 Å². The molecule has 0 aliphatic heterocycles. The first-order valence-corrected chi connectivity index (χ1v) is 9.71. The lowest BCUT2D eigenvalue weighted by molar-refractivity contribution is -0.139. The van der Waals surface area contributed by atoms with Crippen molar-refractivity contribution in [1.29, 1.82) is 0 Å². The molecular formula is C21H23N5O6. The first kappa shape index (κ1) is 22.6. The molecule has 0 bridgehead atoms. The van der Waals surface area contributed by atoms with Gasteiger partial charge in [-0.1, -0.05) is 24.3 Å².